The molecular weight excluding hydrogens is 409 g/mol. The summed E-state index contributed by atoms with van der Waals surface area (Å²) in [6, 6.07) is 1.26. The Morgan fingerprint density at radius 1 is 1.43 bits per heavy atom. The predicted molar refractivity (Wildman–Crippen MR) is 110 cm³/mol. The van der Waals surface area contributed by atoms with Crippen molar-refractivity contribution in [2.75, 3.05) is 11.9 Å². The lowest BCUT2D eigenvalue weighted by atomic mass is 9.95. The van der Waals surface area contributed by atoms with E-state index in [0.717, 1.165) is 41.5 Å². The number of rotatable bonds is 2. The van der Waals surface area contributed by atoms with E-state index in [1.165, 1.54) is 6.20 Å². The van der Waals surface area contributed by atoms with E-state index in [-0.39, 0.29) is 17.2 Å². The van der Waals surface area contributed by atoms with Crippen LogP contribution in [0.1, 0.15) is 47.9 Å². The van der Waals surface area contributed by atoms with Crippen LogP contribution in [-0.4, -0.2) is 32.8 Å². The number of hydrogen-bond donors (Lipinski definition) is 2. The molecule has 0 bridgehead atoms. The van der Waals surface area contributed by atoms with Crippen LogP contribution >= 0.6 is 0 Å². The molecule has 5 rings (SSSR count). The summed E-state index contributed by atoms with van der Waals surface area (Å²) in [5.74, 6) is 0.540. The first-order valence-corrected chi connectivity index (χ1v) is 11.8. The molecule has 0 unspecified atom stereocenters. The molecule has 3 aliphatic rings. The second kappa shape index (κ2) is 7.05. The summed E-state index contributed by atoms with van der Waals surface area (Å²) in [5, 5.41) is 12.9. The molecule has 2 heterocycles. The van der Waals surface area contributed by atoms with Crippen molar-refractivity contribution in [3.8, 4) is 5.88 Å². The van der Waals surface area contributed by atoms with Gasteiger partial charge in [0, 0.05) is 31.5 Å². The van der Waals surface area contributed by atoms with Crippen LogP contribution in [0.25, 0.3) is 0 Å². The van der Waals surface area contributed by atoms with Gasteiger partial charge in [0.1, 0.15) is 11.1 Å². The van der Waals surface area contributed by atoms with Gasteiger partial charge in [0.2, 0.25) is 5.88 Å². The Morgan fingerprint density at radius 3 is 3.10 bits per heavy atom. The number of benzene rings is 1. The summed E-state index contributed by atoms with van der Waals surface area (Å²) in [6.45, 7) is 3.18. The lowest BCUT2D eigenvalue weighted by molar-refractivity contribution is 0.224. The van der Waals surface area contributed by atoms with Crippen molar-refractivity contribution in [2.45, 2.75) is 62.6 Å². The Balaban J connectivity index is 1.51. The molecule has 0 fully saturated rings. The lowest BCUT2D eigenvalue weighted by Gasteiger charge is -2.18. The minimum atomic E-state index is -3.55. The number of anilines is 1. The largest absolute Gasteiger partial charge is 0.477 e. The molecule has 3 N–H and O–H groups in total. The van der Waals surface area contributed by atoms with Crippen molar-refractivity contribution in [3.05, 3.63) is 34.5 Å². The molecule has 160 valence electrons. The number of nitrogens with zero attached hydrogens (tertiary/aromatic N) is 3. The van der Waals surface area contributed by atoms with Gasteiger partial charge in [-0.05, 0) is 41.0 Å². The maximum atomic E-state index is 14.1. The van der Waals surface area contributed by atoms with Gasteiger partial charge in [0.05, 0.1) is 12.8 Å². The number of carbonyl (C=O) groups is 1. The van der Waals surface area contributed by atoms with Crippen molar-refractivity contribution < 1.29 is 18.1 Å². The van der Waals surface area contributed by atoms with Crippen molar-refractivity contribution >= 4 is 21.6 Å². The fraction of sp³-hybridized carbons (Fsp3) is 0.500. The number of aromatic nitrogens is 2. The van der Waals surface area contributed by atoms with Crippen molar-refractivity contribution in [2.24, 2.45) is 9.50 Å². The van der Waals surface area contributed by atoms with E-state index in [1.807, 2.05) is 0 Å². The van der Waals surface area contributed by atoms with Crippen LogP contribution in [0.2, 0.25) is 0 Å². The van der Waals surface area contributed by atoms with E-state index in [4.69, 9.17) is 9.88 Å². The van der Waals surface area contributed by atoms with Gasteiger partial charge in [-0.2, -0.15) is 5.10 Å². The van der Waals surface area contributed by atoms with Crippen LogP contribution in [0, 0.1) is 0 Å². The quantitative estimate of drug-likeness (QED) is 0.758. The molecule has 2 aromatic rings. The molecule has 1 aliphatic heterocycles. The number of nitrogens with one attached hydrogen (secondary N) is 1. The topological polar surface area (TPSA) is 112 Å². The third-order valence-corrected chi connectivity index (χ3v) is 7.49. The number of urea groups is 1. The lowest BCUT2D eigenvalue weighted by Crippen LogP contribution is -2.21. The monoisotopic (exact) mass is 433 g/mol. The fourth-order valence-corrected chi connectivity index (χ4v) is 5.79. The smallest absolute Gasteiger partial charge is 0.354 e. The maximum absolute atomic E-state index is 14.1. The highest BCUT2D eigenvalue weighted by Gasteiger charge is 2.32. The van der Waals surface area contributed by atoms with E-state index < -0.39 is 22.1 Å². The number of carbonyl (C=O) groups excluding carboxylic acids is 1. The summed E-state index contributed by atoms with van der Waals surface area (Å²) in [7, 11) is -3.55. The van der Waals surface area contributed by atoms with Crippen LogP contribution in [0.5, 0.6) is 5.88 Å². The average Bonchev–Trinajstić information content (AvgIpc) is 3.37. The van der Waals surface area contributed by atoms with E-state index in [2.05, 4.69) is 27.8 Å². The molecule has 0 saturated heterocycles. The van der Waals surface area contributed by atoms with Gasteiger partial charge in [-0.25, -0.2) is 23.2 Å². The third-order valence-electron chi connectivity index (χ3n) is 6.14. The molecule has 3 atom stereocenters. The molecule has 1 aromatic carbocycles. The molecule has 2 amide bonds. The van der Waals surface area contributed by atoms with Crippen LogP contribution in [-0.2, 0) is 35.7 Å². The first kappa shape index (κ1) is 19.5. The van der Waals surface area contributed by atoms with Gasteiger partial charge in [0.25, 0.3) is 0 Å². The van der Waals surface area contributed by atoms with Gasteiger partial charge < -0.3 is 10.1 Å². The van der Waals surface area contributed by atoms with E-state index in [1.54, 1.807) is 4.68 Å². The van der Waals surface area contributed by atoms with Crippen LogP contribution in [0.3, 0.4) is 0 Å². The summed E-state index contributed by atoms with van der Waals surface area (Å²) in [6.07, 6.45) is 3.65. The zero-order valence-electron chi connectivity index (χ0n) is 16.7. The SMILES string of the molecule is C[C@H]1CCc2cc3c(c(NC(=O)N=[S@@](N)(=O)c4cnn5c4OCCC5)c21)C[C@H](F)C3. The normalized spacial score (nSPS) is 23.7. The molecule has 2 aliphatic carbocycles. The van der Waals surface area contributed by atoms with Crippen LogP contribution < -0.4 is 15.2 Å². The van der Waals surface area contributed by atoms with Gasteiger partial charge in [0.15, 0.2) is 9.92 Å². The highest BCUT2D eigenvalue weighted by molar-refractivity contribution is 7.91. The number of hydrogen-bond acceptors (Lipinski definition) is 4. The van der Waals surface area contributed by atoms with E-state index in [9.17, 15) is 13.4 Å². The average molecular weight is 434 g/mol. The fourth-order valence-electron chi connectivity index (χ4n) is 4.78. The summed E-state index contributed by atoms with van der Waals surface area (Å²) in [4.78, 5) is 12.9. The second-order valence-corrected chi connectivity index (χ2v) is 10.00. The number of aryl methyl sites for hydroxylation is 2. The zero-order chi connectivity index (χ0) is 21.0. The Bertz CT molecular complexity index is 1170. The van der Waals surface area contributed by atoms with Crippen LogP contribution in [0.15, 0.2) is 21.5 Å². The van der Waals surface area contributed by atoms with Gasteiger partial charge in [-0.3, -0.25) is 0 Å². The minimum absolute atomic E-state index is 0.109. The van der Waals surface area contributed by atoms with Crippen molar-refractivity contribution in [1.29, 1.82) is 0 Å². The number of ether oxygens (including phenoxy) is 1. The third kappa shape index (κ3) is 3.18. The maximum Gasteiger partial charge on any atom is 0.354 e. The molecular formula is C20H24FN5O3S. The molecule has 0 spiro atoms. The number of amides is 2. The zero-order valence-corrected chi connectivity index (χ0v) is 17.5. The Hall–Kier alpha value is -2.46. The van der Waals surface area contributed by atoms with Crippen molar-refractivity contribution in [3.63, 3.8) is 0 Å². The predicted octanol–water partition coefficient (Wildman–Crippen LogP) is 3.08. The van der Waals surface area contributed by atoms with E-state index >= 15 is 0 Å². The molecule has 0 radical (unpaired) electrons. The Morgan fingerprint density at radius 2 is 2.27 bits per heavy atom. The molecule has 30 heavy (non-hydrogen) atoms. The Kier molecular flexibility index (Phi) is 4.59. The summed E-state index contributed by atoms with van der Waals surface area (Å²) >= 11 is 0. The van der Waals surface area contributed by atoms with Gasteiger partial charge >= 0.3 is 6.03 Å². The molecule has 0 saturated carbocycles. The van der Waals surface area contributed by atoms with Crippen LogP contribution in [0.4, 0.5) is 14.9 Å². The first-order chi connectivity index (χ1) is 14.3. The van der Waals surface area contributed by atoms with Gasteiger partial charge in [-0.15, -0.1) is 4.36 Å². The second-order valence-electron chi connectivity index (χ2n) is 8.24. The van der Waals surface area contributed by atoms with Gasteiger partial charge in [-0.1, -0.05) is 13.0 Å². The molecule has 8 nitrogen and oxygen atoms in total. The highest BCUT2D eigenvalue weighted by Crippen LogP contribution is 2.44. The minimum Gasteiger partial charge on any atom is -0.477 e. The number of nitrogens with two attached hydrogens (primary N) is 1. The van der Waals surface area contributed by atoms with Crippen molar-refractivity contribution in [1.82, 2.24) is 9.78 Å². The Labute approximate surface area is 174 Å². The number of halogens is 1. The number of fused-ring (bicyclic) bond motifs is 3. The standard InChI is InChI=1S/C20H24FN5O3S/c1-11-3-4-12-7-13-8-14(21)9-15(13)18(17(11)12)24-20(27)25-30(22,28)16-10-23-26-5-2-6-29-19(16)26/h7,10-11,14H,2-6,8-9H2,1H3,(H3,22,24,25,27,28)/t11-,14+,30+/m0/s1. The highest BCUT2D eigenvalue weighted by atomic mass is 32.2. The summed E-state index contributed by atoms with van der Waals surface area (Å²) < 4.78 is 38.1. The number of alkyl halides is 1. The van der Waals surface area contributed by atoms with E-state index in [0.29, 0.717) is 31.1 Å². The first-order valence-electron chi connectivity index (χ1n) is 10.2. The summed E-state index contributed by atoms with van der Waals surface area (Å²) in [5.41, 5.74) is 4.52. The molecule has 10 heteroatoms. The molecule has 1 aromatic heterocycles.